The Labute approximate surface area is 124 Å². The highest BCUT2D eigenvalue weighted by atomic mass is 16.1. The van der Waals surface area contributed by atoms with Gasteiger partial charge in [0.2, 0.25) is 0 Å². The Balaban J connectivity index is 1.87. The first kappa shape index (κ1) is 14.1. The molecule has 1 heterocycles. The molecule has 0 N–H and O–H groups in total. The van der Waals surface area contributed by atoms with Gasteiger partial charge in [-0.1, -0.05) is 18.6 Å². The average Bonchev–Trinajstić information content (AvgIpc) is 2.51. The Morgan fingerprint density at radius 1 is 1.24 bits per heavy atom. The van der Waals surface area contributed by atoms with Gasteiger partial charge in [-0.05, 0) is 44.2 Å². The SMILES string of the molecule is CC(=O)C1CCCC(Cn2ccc(=O)c3ccccc32)C1. The van der Waals surface area contributed by atoms with Crippen LogP contribution in [-0.4, -0.2) is 10.4 Å². The molecule has 2 unspecified atom stereocenters. The molecule has 1 aromatic heterocycles. The highest BCUT2D eigenvalue weighted by Gasteiger charge is 2.25. The van der Waals surface area contributed by atoms with Crippen LogP contribution in [0.5, 0.6) is 0 Å². The number of benzene rings is 1. The minimum Gasteiger partial charge on any atom is -0.347 e. The zero-order chi connectivity index (χ0) is 14.8. The second-order valence-corrected chi connectivity index (χ2v) is 6.19. The normalized spacial score (nSPS) is 22.3. The predicted octanol–water partition coefficient (Wildman–Crippen LogP) is 3.40. The van der Waals surface area contributed by atoms with Crippen molar-refractivity contribution in [3.63, 3.8) is 0 Å². The molecule has 2 aromatic rings. The minimum absolute atomic E-state index is 0.0760. The van der Waals surface area contributed by atoms with Crippen LogP contribution >= 0.6 is 0 Å². The van der Waals surface area contributed by atoms with E-state index in [1.54, 1.807) is 13.0 Å². The van der Waals surface area contributed by atoms with Crippen LogP contribution in [0.4, 0.5) is 0 Å². The third-order valence-corrected chi connectivity index (χ3v) is 4.70. The molecule has 0 amide bonds. The average molecular weight is 283 g/mol. The van der Waals surface area contributed by atoms with E-state index >= 15 is 0 Å². The molecule has 2 atom stereocenters. The first-order valence-electron chi connectivity index (χ1n) is 7.74. The van der Waals surface area contributed by atoms with E-state index in [1.165, 1.54) is 6.42 Å². The summed E-state index contributed by atoms with van der Waals surface area (Å²) in [7, 11) is 0. The number of pyridine rings is 1. The van der Waals surface area contributed by atoms with Gasteiger partial charge in [-0.3, -0.25) is 9.59 Å². The van der Waals surface area contributed by atoms with E-state index in [-0.39, 0.29) is 11.3 Å². The molecule has 3 nitrogen and oxygen atoms in total. The second kappa shape index (κ2) is 5.84. The monoisotopic (exact) mass is 283 g/mol. The highest BCUT2D eigenvalue weighted by molar-refractivity contribution is 5.79. The van der Waals surface area contributed by atoms with Crippen LogP contribution in [-0.2, 0) is 11.3 Å². The largest absolute Gasteiger partial charge is 0.347 e. The van der Waals surface area contributed by atoms with Gasteiger partial charge in [0.25, 0.3) is 0 Å². The van der Waals surface area contributed by atoms with Crippen molar-refractivity contribution in [3.8, 4) is 0 Å². The number of nitrogens with zero attached hydrogens (tertiary/aromatic N) is 1. The molecule has 1 saturated carbocycles. The quantitative estimate of drug-likeness (QED) is 0.866. The summed E-state index contributed by atoms with van der Waals surface area (Å²) < 4.78 is 2.17. The smallest absolute Gasteiger partial charge is 0.189 e. The van der Waals surface area contributed by atoms with Crippen LogP contribution in [0, 0.1) is 11.8 Å². The summed E-state index contributed by atoms with van der Waals surface area (Å²) in [4.78, 5) is 23.5. The van der Waals surface area contributed by atoms with Crippen molar-refractivity contribution >= 4 is 16.7 Å². The van der Waals surface area contributed by atoms with Gasteiger partial charge < -0.3 is 4.57 Å². The van der Waals surface area contributed by atoms with Crippen LogP contribution in [0.15, 0.2) is 41.3 Å². The fourth-order valence-corrected chi connectivity index (χ4v) is 3.52. The molecule has 0 aliphatic heterocycles. The summed E-state index contributed by atoms with van der Waals surface area (Å²) in [6, 6.07) is 9.40. The van der Waals surface area contributed by atoms with Crippen molar-refractivity contribution in [1.29, 1.82) is 0 Å². The van der Waals surface area contributed by atoms with Gasteiger partial charge in [0.1, 0.15) is 5.78 Å². The molecular formula is C18H21NO2. The summed E-state index contributed by atoms with van der Waals surface area (Å²) in [5, 5.41) is 0.777. The highest BCUT2D eigenvalue weighted by Crippen LogP contribution is 2.31. The van der Waals surface area contributed by atoms with Crippen molar-refractivity contribution in [2.45, 2.75) is 39.2 Å². The second-order valence-electron chi connectivity index (χ2n) is 6.19. The van der Waals surface area contributed by atoms with E-state index in [0.717, 1.165) is 36.7 Å². The lowest BCUT2D eigenvalue weighted by Gasteiger charge is -2.28. The van der Waals surface area contributed by atoms with Crippen molar-refractivity contribution < 1.29 is 4.79 Å². The van der Waals surface area contributed by atoms with Gasteiger partial charge in [-0.25, -0.2) is 0 Å². The van der Waals surface area contributed by atoms with Crippen molar-refractivity contribution in [1.82, 2.24) is 4.57 Å². The fraction of sp³-hybridized carbons (Fsp3) is 0.444. The van der Waals surface area contributed by atoms with Crippen LogP contribution in [0.3, 0.4) is 0 Å². The molecule has 1 aromatic carbocycles. The summed E-state index contributed by atoms with van der Waals surface area (Å²) in [6.45, 7) is 2.60. The lowest BCUT2D eigenvalue weighted by Crippen LogP contribution is -2.24. The van der Waals surface area contributed by atoms with E-state index in [2.05, 4.69) is 4.57 Å². The Morgan fingerprint density at radius 2 is 2.05 bits per heavy atom. The Morgan fingerprint density at radius 3 is 2.86 bits per heavy atom. The predicted molar refractivity (Wildman–Crippen MR) is 84.3 cm³/mol. The van der Waals surface area contributed by atoms with Gasteiger partial charge in [0.05, 0.1) is 5.52 Å². The minimum atomic E-state index is 0.0760. The van der Waals surface area contributed by atoms with Crippen LogP contribution in [0.1, 0.15) is 32.6 Å². The molecule has 21 heavy (non-hydrogen) atoms. The maximum Gasteiger partial charge on any atom is 0.189 e. The number of para-hydroxylation sites is 1. The van der Waals surface area contributed by atoms with Crippen molar-refractivity contribution in [3.05, 3.63) is 46.8 Å². The topological polar surface area (TPSA) is 39.1 Å². The Hall–Kier alpha value is -1.90. The lowest BCUT2D eigenvalue weighted by molar-refractivity contribution is -0.122. The lowest BCUT2D eigenvalue weighted by atomic mass is 9.79. The zero-order valence-corrected chi connectivity index (χ0v) is 12.4. The molecule has 1 aliphatic carbocycles. The van der Waals surface area contributed by atoms with Gasteiger partial charge in [0, 0.05) is 30.1 Å². The molecule has 0 saturated heterocycles. The summed E-state index contributed by atoms with van der Waals surface area (Å²) in [5.74, 6) is 1.08. The number of Topliss-reactive ketones (excluding diaryl/α,β-unsaturated/α-hetero) is 1. The summed E-state index contributed by atoms with van der Waals surface area (Å²) in [6.07, 6.45) is 6.21. The van der Waals surface area contributed by atoms with Gasteiger partial charge in [0.15, 0.2) is 5.43 Å². The van der Waals surface area contributed by atoms with Crippen molar-refractivity contribution in [2.24, 2.45) is 11.8 Å². The number of hydrogen-bond donors (Lipinski definition) is 0. The molecule has 1 aliphatic rings. The van der Waals surface area contributed by atoms with E-state index in [4.69, 9.17) is 0 Å². The van der Waals surface area contributed by atoms with Gasteiger partial charge in [-0.15, -0.1) is 0 Å². The molecule has 0 radical (unpaired) electrons. The van der Waals surface area contributed by atoms with E-state index in [1.807, 2.05) is 30.5 Å². The number of hydrogen-bond acceptors (Lipinski definition) is 2. The van der Waals surface area contributed by atoms with Gasteiger partial charge in [-0.2, -0.15) is 0 Å². The third kappa shape index (κ3) is 2.92. The Bertz CT molecular complexity index is 716. The molecular weight excluding hydrogens is 262 g/mol. The molecule has 3 heteroatoms. The number of carbonyl (C=O) groups excluding carboxylic acids is 1. The van der Waals surface area contributed by atoms with E-state index in [9.17, 15) is 9.59 Å². The van der Waals surface area contributed by atoms with E-state index < -0.39 is 0 Å². The Kier molecular flexibility index (Phi) is 3.91. The van der Waals surface area contributed by atoms with Crippen molar-refractivity contribution in [2.75, 3.05) is 0 Å². The van der Waals surface area contributed by atoms with Gasteiger partial charge >= 0.3 is 0 Å². The molecule has 3 rings (SSSR count). The first-order chi connectivity index (χ1) is 10.1. The number of aromatic nitrogens is 1. The molecule has 0 spiro atoms. The number of ketones is 1. The molecule has 0 bridgehead atoms. The van der Waals surface area contributed by atoms with Crippen LogP contribution < -0.4 is 5.43 Å². The third-order valence-electron chi connectivity index (χ3n) is 4.70. The zero-order valence-electron chi connectivity index (χ0n) is 12.4. The molecule has 1 fully saturated rings. The maximum atomic E-state index is 11.9. The van der Waals surface area contributed by atoms with E-state index in [0.29, 0.717) is 11.7 Å². The maximum absolute atomic E-state index is 11.9. The van der Waals surface area contributed by atoms with Crippen LogP contribution in [0.25, 0.3) is 10.9 Å². The number of carbonyl (C=O) groups is 1. The number of rotatable bonds is 3. The summed E-state index contributed by atoms with van der Waals surface area (Å²) >= 11 is 0. The fourth-order valence-electron chi connectivity index (χ4n) is 3.52. The molecule has 110 valence electrons. The standard InChI is InChI=1S/C18H21NO2/c1-13(20)15-6-4-5-14(11-15)12-19-10-9-18(21)16-7-2-3-8-17(16)19/h2-3,7-10,14-15H,4-6,11-12H2,1H3. The number of fused-ring (bicyclic) bond motifs is 1. The first-order valence-corrected chi connectivity index (χ1v) is 7.74. The van der Waals surface area contributed by atoms with Crippen LogP contribution in [0.2, 0.25) is 0 Å². The summed E-state index contributed by atoms with van der Waals surface area (Å²) in [5.41, 5.74) is 1.07.